The Morgan fingerprint density at radius 2 is 1.24 bits per heavy atom. The molecule has 0 aliphatic heterocycles. The van der Waals surface area contributed by atoms with Crippen LogP contribution in [0.15, 0.2) is 58.3 Å². The number of halogens is 2. The third kappa shape index (κ3) is 8.42. The van der Waals surface area contributed by atoms with Crippen LogP contribution in [0.4, 0.5) is 11.4 Å². The summed E-state index contributed by atoms with van der Waals surface area (Å²) in [5, 5.41) is 5.95. The van der Waals surface area contributed by atoms with E-state index in [0.717, 1.165) is 17.9 Å². The second kappa shape index (κ2) is 12.3. The van der Waals surface area contributed by atoms with Crippen molar-refractivity contribution in [2.75, 3.05) is 47.5 Å². The predicted octanol–water partition coefficient (Wildman–Crippen LogP) is 3.87. The van der Waals surface area contributed by atoms with E-state index < -0.39 is 19.7 Å². The molecule has 0 heterocycles. The number of sulfone groups is 2. The smallest absolute Gasteiger partial charge is 0.179 e. The standard InChI is InChI=1S/C10H14ClNO2S.C9H12ClNO2S/c1-2-12-9-4-3-5-10(8-9)15(13,14)7-6-11;1-11-8-3-2-4-9(7-8)14(12,13)6-5-10/h3-5,8,12H,2,6-7H2,1H3;2-4,7,11H,5-6H2,1H3. The van der Waals surface area contributed by atoms with Crippen molar-refractivity contribution in [1.29, 1.82) is 0 Å². The van der Waals surface area contributed by atoms with Crippen molar-refractivity contribution in [2.45, 2.75) is 16.7 Å². The number of alkyl halides is 2. The van der Waals surface area contributed by atoms with Crippen LogP contribution in [0, 0.1) is 0 Å². The Balaban J connectivity index is 0.000000291. The number of nitrogens with one attached hydrogen (secondary N) is 2. The molecule has 10 heteroatoms. The second-order valence-corrected chi connectivity index (χ2v) is 10.8. The normalized spacial score (nSPS) is 11.3. The maximum absolute atomic E-state index is 11.7. The fraction of sp³-hybridized carbons (Fsp3) is 0.368. The molecule has 0 aliphatic carbocycles. The van der Waals surface area contributed by atoms with E-state index in [9.17, 15) is 16.8 Å². The molecule has 0 radical (unpaired) electrons. The van der Waals surface area contributed by atoms with Crippen molar-refractivity contribution in [1.82, 2.24) is 0 Å². The molecule has 6 nitrogen and oxygen atoms in total. The Hall–Kier alpha value is -1.48. The molecule has 2 N–H and O–H groups in total. The van der Waals surface area contributed by atoms with Gasteiger partial charge >= 0.3 is 0 Å². The zero-order valence-corrected chi connectivity index (χ0v) is 19.5. The van der Waals surface area contributed by atoms with Crippen molar-refractivity contribution in [3.8, 4) is 0 Å². The number of hydrogen-bond donors (Lipinski definition) is 2. The molecule has 0 fully saturated rings. The summed E-state index contributed by atoms with van der Waals surface area (Å²) >= 11 is 10.9. The average Bonchev–Trinajstić information content (AvgIpc) is 2.69. The largest absolute Gasteiger partial charge is 0.388 e. The highest BCUT2D eigenvalue weighted by Gasteiger charge is 2.14. The molecule has 0 amide bonds. The van der Waals surface area contributed by atoms with Crippen LogP contribution in [0.3, 0.4) is 0 Å². The fourth-order valence-corrected chi connectivity index (χ4v) is 5.57. The van der Waals surface area contributed by atoms with Crippen LogP contribution in [0.1, 0.15) is 6.92 Å². The predicted molar refractivity (Wildman–Crippen MR) is 122 cm³/mol. The summed E-state index contributed by atoms with van der Waals surface area (Å²) < 4.78 is 46.5. The highest BCUT2D eigenvalue weighted by Crippen LogP contribution is 2.17. The quantitative estimate of drug-likeness (QED) is 0.529. The minimum Gasteiger partial charge on any atom is -0.388 e. The van der Waals surface area contributed by atoms with Crippen molar-refractivity contribution in [3.05, 3.63) is 48.5 Å². The summed E-state index contributed by atoms with van der Waals surface area (Å²) in [7, 11) is -4.69. The van der Waals surface area contributed by atoms with Gasteiger partial charge in [-0.15, -0.1) is 23.2 Å². The van der Waals surface area contributed by atoms with Gasteiger partial charge < -0.3 is 10.6 Å². The number of benzene rings is 2. The van der Waals surface area contributed by atoms with E-state index >= 15 is 0 Å². The first-order valence-electron chi connectivity index (χ1n) is 8.89. The van der Waals surface area contributed by atoms with Gasteiger partial charge in [0.05, 0.1) is 21.3 Å². The minimum atomic E-state index is -3.22. The fourth-order valence-electron chi connectivity index (χ4n) is 2.29. The maximum Gasteiger partial charge on any atom is 0.179 e. The molecule has 2 aromatic carbocycles. The van der Waals surface area contributed by atoms with Crippen LogP contribution >= 0.6 is 23.2 Å². The summed E-state index contributed by atoms with van der Waals surface area (Å²) in [6.07, 6.45) is 0. The van der Waals surface area contributed by atoms with Crippen molar-refractivity contribution in [3.63, 3.8) is 0 Å². The highest BCUT2D eigenvalue weighted by atomic mass is 35.5. The van der Waals surface area contributed by atoms with Gasteiger partial charge in [-0.1, -0.05) is 12.1 Å². The molecule has 29 heavy (non-hydrogen) atoms. The van der Waals surface area contributed by atoms with Gasteiger partial charge in [0.1, 0.15) is 0 Å². The first-order valence-corrected chi connectivity index (χ1v) is 13.3. The van der Waals surface area contributed by atoms with Gasteiger partial charge in [0.15, 0.2) is 19.7 Å². The van der Waals surface area contributed by atoms with Gasteiger partial charge in [0.2, 0.25) is 0 Å². The van der Waals surface area contributed by atoms with Gasteiger partial charge in [-0.3, -0.25) is 0 Å². The Morgan fingerprint density at radius 3 is 1.66 bits per heavy atom. The van der Waals surface area contributed by atoms with E-state index in [0.29, 0.717) is 9.79 Å². The van der Waals surface area contributed by atoms with Gasteiger partial charge in [-0.2, -0.15) is 0 Å². The molecule has 0 unspecified atom stereocenters. The summed E-state index contributed by atoms with van der Waals surface area (Å²) in [6, 6.07) is 13.5. The molecule has 0 saturated carbocycles. The van der Waals surface area contributed by atoms with Crippen molar-refractivity contribution < 1.29 is 16.8 Å². The zero-order chi connectivity index (χ0) is 21.9. The maximum atomic E-state index is 11.7. The molecule has 0 spiro atoms. The highest BCUT2D eigenvalue weighted by molar-refractivity contribution is 7.91. The lowest BCUT2D eigenvalue weighted by Crippen LogP contribution is -2.08. The van der Waals surface area contributed by atoms with Gasteiger partial charge in [0.25, 0.3) is 0 Å². The minimum absolute atomic E-state index is 0.0237. The van der Waals surface area contributed by atoms with Gasteiger partial charge in [0, 0.05) is 36.7 Å². The molecule has 2 rings (SSSR count). The summed E-state index contributed by atoms with van der Waals surface area (Å²) in [5.41, 5.74) is 1.59. The number of hydrogen-bond acceptors (Lipinski definition) is 6. The lowest BCUT2D eigenvalue weighted by molar-refractivity contribution is 0.596. The molecule has 0 saturated heterocycles. The number of anilines is 2. The van der Waals surface area contributed by atoms with Crippen LogP contribution in [-0.2, 0) is 19.7 Å². The Kier molecular flexibility index (Phi) is 10.8. The van der Waals surface area contributed by atoms with E-state index in [-0.39, 0.29) is 23.3 Å². The van der Waals surface area contributed by atoms with Crippen LogP contribution in [0.25, 0.3) is 0 Å². The molecule has 0 aliphatic rings. The van der Waals surface area contributed by atoms with Crippen molar-refractivity contribution in [2.24, 2.45) is 0 Å². The van der Waals surface area contributed by atoms with E-state index in [2.05, 4.69) is 10.6 Å². The topological polar surface area (TPSA) is 92.3 Å². The third-order valence-corrected chi connectivity index (χ3v) is 8.00. The summed E-state index contributed by atoms with van der Waals surface area (Å²) in [5.74, 6) is 0.186. The van der Waals surface area contributed by atoms with Crippen LogP contribution in [0.5, 0.6) is 0 Å². The van der Waals surface area contributed by atoms with Crippen LogP contribution in [0.2, 0.25) is 0 Å². The SMILES string of the molecule is CCNc1cccc(S(=O)(=O)CCCl)c1.CNc1cccc(S(=O)(=O)CCCl)c1. The second-order valence-electron chi connectivity index (χ2n) is 5.85. The van der Waals surface area contributed by atoms with Gasteiger partial charge in [-0.05, 0) is 43.3 Å². The molecule has 0 atom stereocenters. The summed E-state index contributed by atoms with van der Waals surface area (Å²) in [4.78, 5) is 0.631. The zero-order valence-electron chi connectivity index (χ0n) is 16.4. The van der Waals surface area contributed by atoms with Crippen LogP contribution in [-0.4, -0.2) is 53.7 Å². The first-order chi connectivity index (χ1) is 13.7. The third-order valence-electron chi connectivity index (χ3n) is 3.75. The van der Waals surface area contributed by atoms with E-state index in [1.54, 1.807) is 49.5 Å². The molecule has 2 aromatic rings. The van der Waals surface area contributed by atoms with E-state index in [1.807, 2.05) is 13.0 Å². The van der Waals surface area contributed by atoms with Gasteiger partial charge in [-0.25, -0.2) is 16.8 Å². The lowest BCUT2D eigenvalue weighted by Gasteiger charge is -2.06. The molecule has 0 aromatic heterocycles. The molecular formula is C19H26Cl2N2O4S2. The monoisotopic (exact) mass is 480 g/mol. The first kappa shape index (κ1) is 25.6. The van der Waals surface area contributed by atoms with Crippen LogP contribution < -0.4 is 10.6 Å². The molecule has 162 valence electrons. The van der Waals surface area contributed by atoms with Crippen molar-refractivity contribution >= 4 is 54.3 Å². The van der Waals surface area contributed by atoms with E-state index in [4.69, 9.17) is 23.2 Å². The number of rotatable bonds is 9. The summed E-state index contributed by atoms with van der Waals surface area (Å²) in [6.45, 7) is 2.72. The Morgan fingerprint density at radius 1 is 0.793 bits per heavy atom. The lowest BCUT2D eigenvalue weighted by atomic mass is 10.3. The average molecular weight is 481 g/mol. The van der Waals surface area contributed by atoms with E-state index in [1.165, 1.54) is 0 Å². The Labute approximate surface area is 183 Å². The molecule has 0 bridgehead atoms. The Bertz CT molecular complexity index is 981. The molecular weight excluding hydrogens is 455 g/mol.